The number of halogens is 1. The largest absolute Gasteiger partial charge is 0.438 e. The molecule has 1 aliphatic carbocycles. The van der Waals surface area contributed by atoms with Gasteiger partial charge in [0.15, 0.2) is 0 Å². The topological polar surface area (TPSA) is 147 Å². The van der Waals surface area contributed by atoms with Gasteiger partial charge in [-0.05, 0) is 30.9 Å². The molecule has 1 aromatic carbocycles. The van der Waals surface area contributed by atoms with E-state index in [0.717, 1.165) is 30.4 Å². The Balaban J connectivity index is 1.64. The molecular formula is C19H15ClN6O4. The molecule has 11 heteroatoms. The molecule has 2 heterocycles. The van der Waals surface area contributed by atoms with Crippen molar-refractivity contribution in [2.75, 3.05) is 0 Å². The Morgan fingerprint density at radius 2 is 1.93 bits per heavy atom. The Bertz CT molecular complexity index is 1330. The molecule has 0 atom stereocenters. The van der Waals surface area contributed by atoms with Crippen molar-refractivity contribution >= 4 is 11.6 Å². The molecule has 4 rings (SSSR count). The number of hydrogen-bond donors (Lipinski definition) is 2. The van der Waals surface area contributed by atoms with Crippen molar-refractivity contribution in [3.05, 3.63) is 71.7 Å². The molecule has 0 amide bonds. The Labute approximate surface area is 173 Å². The minimum atomic E-state index is -0.878. The molecule has 152 valence electrons. The van der Waals surface area contributed by atoms with Crippen LogP contribution in [0.5, 0.6) is 11.6 Å². The number of aromatic amines is 2. The van der Waals surface area contributed by atoms with Crippen LogP contribution in [0.2, 0.25) is 5.02 Å². The molecule has 3 aromatic rings. The fourth-order valence-electron chi connectivity index (χ4n) is 3.47. The van der Waals surface area contributed by atoms with Crippen LogP contribution < -0.4 is 21.5 Å². The van der Waals surface area contributed by atoms with Crippen LogP contribution in [0.25, 0.3) is 5.69 Å². The van der Waals surface area contributed by atoms with Crippen LogP contribution in [0, 0.1) is 11.3 Å². The third-order valence-electron chi connectivity index (χ3n) is 4.91. The van der Waals surface area contributed by atoms with E-state index in [1.54, 1.807) is 12.1 Å². The van der Waals surface area contributed by atoms with Gasteiger partial charge in [-0.3, -0.25) is 14.6 Å². The summed E-state index contributed by atoms with van der Waals surface area (Å²) < 4.78 is 6.54. The second-order valence-electron chi connectivity index (χ2n) is 6.82. The average Bonchev–Trinajstić information content (AvgIpc) is 3.25. The van der Waals surface area contributed by atoms with E-state index in [-0.39, 0.29) is 28.1 Å². The third-order valence-corrected chi connectivity index (χ3v) is 5.21. The second kappa shape index (κ2) is 7.96. The molecular weight excluding hydrogens is 412 g/mol. The molecule has 0 bridgehead atoms. The lowest BCUT2D eigenvalue weighted by Crippen LogP contribution is -2.33. The van der Waals surface area contributed by atoms with E-state index in [2.05, 4.69) is 15.3 Å². The molecule has 2 N–H and O–H groups in total. The number of nitriles is 1. The average molecular weight is 427 g/mol. The van der Waals surface area contributed by atoms with Crippen molar-refractivity contribution in [1.82, 2.24) is 25.0 Å². The van der Waals surface area contributed by atoms with Crippen molar-refractivity contribution in [3.8, 4) is 23.4 Å². The number of nitrogens with zero attached hydrogens (tertiary/aromatic N) is 4. The van der Waals surface area contributed by atoms with Crippen LogP contribution in [0.4, 0.5) is 0 Å². The van der Waals surface area contributed by atoms with Crippen molar-refractivity contribution < 1.29 is 4.74 Å². The molecule has 1 fully saturated rings. The van der Waals surface area contributed by atoms with Gasteiger partial charge in [0, 0.05) is 17.7 Å². The van der Waals surface area contributed by atoms with Crippen LogP contribution in [0.3, 0.4) is 0 Å². The van der Waals surface area contributed by atoms with Crippen LogP contribution in [0.1, 0.15) is 42.9 Å². The Hall–Kier alpha value is -3.71. The zero-order chi connectivity index (χ0) is 21.3. The summed E-state index contributed by atoms with van der Waals surface area (Å²) in [6, 6.07) is 7.65. The van der Waals surface area contributed by atoms with Crippen LogP contribution >= 0.6 is 11.6 Å². The monoisotopic (exact) mass is 426 g/mol. The molecule has 30 heavy (non-hydrogen) atoms. The van der Waals surface area contributed by atoms with Gasteiger partial charge in [-0.25, -0.2) is 9.89 Å². The van der Waals surface area contributed by atoms with Gasteiger partial charge < -0.3 is 4.74 Å². The predicted octanol–water partition coefficient (Wildman–Crippen LogP) is 1.98. The number of ether oxygens (including phenoxy) is 1. The van der Waals surface area contributed by atoms with Crippen molar-refractivity contribution in [3.63, 3.8) is 0 Å². The van der Waals surface area contributed by atoms with Crippen molar-refractivity contribution in [2.24, 2.45) is 0 Å². The van der Waals surface area contributed by atoms with Crippen molar-refractivity contribution in [1.29, 1.82) is 5.26 Å². The Kier molecular flexibility index (Phi) is 5.20. The summed E-state index contributed by atoms with van der Waals surface area (Å²) >= 11 is 6.26. The summed E-state index contributed by atoms with van der Waals surface area (Å²) in [6.07, 6.45) is 4.09. The van der Waals surface area contributed by atoms with Crippen LogP contribution in [-0.2, 0) is 0 Å². The van der Waals surface area contributed by atoms with Gasteiger partial charge in [0.2, 0.25) is 11.6 Å². The quantitative estimate of drug-likeness (QED) is 0.648. The smallest absolute Gasteiger partial charge is 0.349 e. The summed E-state index contributed by atoms with van der Waals surface area (Å²) in [5.74, 6) is 0.725. The maximum absolute atomic E-state index is 12.1. The molecule has 0 unspecified atom stereocenters. The van der Waals surface area contributed by atoms with Gasteiger partial charge >= 0.3 is 5.69 Å². The van der Waals surface area contributed by atoms with E-state index >= 15 is 0 Å². The first-order valence-electron chi connectivity index (χ1n) is 9.17. The molecule has 10 nitrogen and oxygen atoms in total. The summed E-state index contributed by atoms with van der Waals surface area (Å²) in [5, 5.41) is 19.1. The number of rotatable bonds is 4. The summed E-state index contributed by atoms with van der Waals surface area (Å²) in [6.45, 7) is 0. The normalized spacial score (nSPS) is 13.9. The molecule has 0 radical (unpaired) electrons. The molecule has 2 aromatic heterocycles. The van der Waals surface area contributed by atoms with Gasteiger partial charge in [-0.2, -0.15) is 9.94 Å². The number of nitrogens with one attached hydrogen (secondary N) is 2. The highest BCUT2D eigenvalue weighted by Gasteiger charge is 2.21. The number of hydrogen-bond acceptors (Lipinski definition) is 7. The summed E-state index contributed by atoms with van der Waals surface area (Å²) in [7, 11) is 0. The first kappa shape index (κ1) is 19.6. The van der Waals surface area contributed by atoms with Gasteiger partial charge in [-0.15, -0.1) is 10.2 Å². The third kappa shape index (κ3) is 3.75. The molecule has 0 spiro atoms. The zero-order valence-corrected chi connectivity index (χ0v) is 16.3. The number of aromatic nitrogens is 5. The summed E-state index contributed by atoms with van der Waals surface area (Å²) in [4.78, 5) is 37.6. The number of H-pyrrole nitrogens is 2. The predicted molar refractivity (Wildman–Crippen MR) is 106 cm³/mol. The Morgan fingerprint density at radius 3 is 2.63 bits per heavy atom. The first-order valence-corrected chi connectivity index (χ1v) is 9.55. The van der Waals surface area contributed by atoms with Crippen LogP contribution in [0.15, 0.2) is 38.6 Å². The van der Waals surface area contributed by atoms with E-state index in [4.69, 9.17) is 21.6 Å². The van der Waals surface area contributed by atoms with Crippen LogP contribution in [-0.4, -0.2) is 25.0 Å². The molecule has 0 saturated heterocycles. The SMILES string of the molecule is N#Cc1nn(-c2ccc(Oc3cc(C4CCCC4)c(=O)[nH]n3)cc2Cl)c(=O)[nH]c1=O. The number of benzene rings is 1. The first-order chi connectivity index (χ1) is 14.5. The standard InChI is InChI=1S/C19H15ClN6O4/c20-13-7-11(5-6-15(13)26-19(29)22-18(28)14(9-21)25-26)30-16-8-12(17(27)24-23-16)10-3-1-2-4-10/h5-8,10H,1-4H2,(H,24,27)(H,22,28,29). The van der Waals surface area contributed by atoms with Gasteiger partial charge in [0.05, 0.1) is 10.7 Å². The minimum Gasteiger partial charge on any atom is -0.438 e. The van der Waals surface area contributed by atoms with E-state index < -0.39 is 16.9 Å². The molecule has 1 saturated carbocycles. The van der Waals surface area contributed by atoms with E-state index in [1.807, 2.05) is 4.98 Å². The highest BCUT2D eigenvalue weighted by atomic mass is 35.5. The maximum atomic E-state index is 12.1. The fourth-order valence-corrected chi connectivity index (χ4v) is 3.72. The minimum absolute atomic E-state index is 0.0958. The lowest BCUT2D eigenvalue weighted by molar-refractivity contribution is 0.451. The van der Waals surface area contributed by atoms with E-state index in [9.17, 15) is 14.4 Å². The zero-order valence-electron chi connectivity index (χ0n) is 15.5. The lowest BCUT2D eigenvalue weighted by Gasteiger charge is -2.11. The van der Waals surface area contributed by atoms with Gasteiger partial charge in [-0.1, -0.05) is 24.4 Å². The van der Waals surface area contributed by atoms with Gasteiger partial charge in [0.1, 0.15) is 11.8 Å². The highest BCUT2D eigenvalue weighted by molar-refractivity contribution is 6.32. The maximum Gasteiger partial charge on any atom is 0.349 e. The fraction of sp³-hybridized carbons (Fsp3) is 0.263. The lowest BCUT2D eigenvalue weighted by atomic mass is 10.00. The molecule has 1 aliphatic rings. The van der Waals surface area contributed by atoms with Crippen molar-refractivity contribution in [2.45, 2.75) is 31.6 Å². The molecule has 0 aliphatic heterocycles. The van der Waals surface area contributed by atoms with E-state index in [0.29, 0.717) is 11.3 Å². The van der Waals surface area contributed by atoms with E-state index in [1.165, 1.54) is 18.2 Å². The van der Waals surface area contributed by atoms with Gasteiger partial charge in [0.25, 0.3) is 11.1 Å². The highest BCUT2D eigenvalue weighted by Crippen LogP contribution is 2.34. The summed E-state index contributed by atoms with van der Waals surface area (Å²) in [5.41, 5.74) is -1.60. The Morgan fingerprint density at radius 1 is 1.17 bits per heavy atom. The second-order valence-corrected chi connectivity index (χ2v) is 7.23.